The zero-order valence-corrected chi connectivity index (χ0v) is 10.8. The lowest BCUT2D eigenvalue weighted by molar-refractivity contribution is 0.103. The summed E-state index contributed by atoms with van der Waals surface area (Å²) < 4.78 is 0. The van der Waals surface area contributed by atoms with Gasteiger partial charge in [0.1, 0.15) is 5.75 Å². The minimum atomic E-state index is -0.0434. The van der Waals surface area contributed by atoms with Crippen LogP contribution < -0.4 is 0 Å². The van der Waals surface area contributed by atoms with Crippen molar-refractivity contribution in [1.82, 2.24) is 0 Å². The van der Waals surface area contributed by atoms with Gasteiger partial charge in [0.05, 0.1) is 0 Å². The Balaban J connectivity index is 2.41. The van der Waals surface area contributed by atoms with Crippen molar-refractivity contribution in [2.75, 3.05) is 0 Å². The molecule has 0 amide bonds. The zero-order chi connectivity index (χ0) is 13.8. The molecule has 0 bridgehead atoms. The number of allylic oxidation sites excluding steroid dienone is 1. The van der Waals surface area contributed by atoms with Crippen molar-refractivity contribution in [3.8, 4) is 5.75 Å². The molecule has 96 valence electrons. The minimum absolute atomic E-state index is 0.00326. The van der Waals surface area contributed by atoms with Gasteiger partial charge in [-0.1, -0.05) is 43.3 Å². The molecule has 0 radical (unpaired) electrons. The lowest BCUT2D eigenvalue weighted by Gasteiger charge is -2.11. The van der Waals surface area contributed by atoms with Gasteiger partial charge in [0.25, 0.3) is 0 Å². The van der Waals surface area contributed by atoms with E-state index in [1.54, 1.807) is 36.4 Å². The Hall–Kier alpha value is -2.35. The molecule has 0 aliphatic rings. The van der Waals surface area contributed by atoms with Crippen LogP contribution >= 0.6 is 0 Å². The summed E-state index contributed by atoms with van der Waals surface area (Å²) in [4.78, 5) is 12.3. The van der Waals surface area contributed by atoms with Crippen LogP contribution in [0.3, 0.4) is 0 Å². The third kappa shape index (κ3) is 2.74. The number of ketones is 1. The van der Waals surface area contributed by atoms with Crippen molar-refractivity contribution >= 4 is 5.78 Å². The molecule has 2 aromatic carbocycles. The summed E-state index contributed by atoms with van der Waals surface area (Å²) in [6, 6.07) is 14.0. The van der Waals surface area contributed by atoms with Gasteiger partial charge in [-0.15, -0.1) is 6.58 Å². The molecule has 0 spiro atoms. The molecule has 2 aromatic rings. The molecule has 0 aliphatic carbocycles. The first-order valence-electron chi connectivity index (χ1n) is 6.18. The number of carbonyl (C=O) groups is 1. The van der Waals surface area contributed by atoms with Gasteiger partial charge in [-0.25, -0.2) is 0 Å². The zero-order valence-electron chi connectivity index (χ0n) is 10.8. The van der Waals surface area contributed by atoms with Gasteiger partial charge in [-0.3, -0.25) is 4.79 Å². The predicted molar refractivity (Wildman–Crippen MR) is 76.6 cm³/mol. The second-order valence-electron chi connectivity index (χ2n) is 4.49. The van der Waals surface area contributed by atoms with E-state index < -0.39 is 0 Å². The highest BCUT2D eigenvalue weighted by molar-refractivity contribution is 6.09. The molecular formula is C17H16O2. The van der Waals surface area contributed by atoms with Crippen LogP contribution in [-0.4, -0.2) is 10.9 Å². The van der Waals surface area contributed by atoms with E-state index in [4.69, 9.17) is 0 Å². The number of hydrogen-bond donors (Lipinski definition) is 1. The third-order valence-corrected chi connectivity index (χ3v) is 3.17. The number of phenols is 1. The Labute approximate surface area is 113 Å². The maximum atomic E-state index is 12.3. The third-order valence-electron chi connectivity index (χ3n) is 3.17. The van der Waals surface area contributed by atoms with Gasteiger partial charge in [-0.2, -0.15) is 0 Å². The fraction of sp³-hybridized carbons (Fsp3) is 0.118. The topological polar surface area (TPSA) is 37.3 Å². The van der Waals surface area contributed by atoms with Crippen LogP contribution in [0.5, 0.6) is 5.75 Å². The number of benzene rings is 2. The van der Waals surface area contributed by atoms with E-state index in [0.29, 0.717) is 11.1 Å². The summed E-state index contributed by atoms with van der Waals surface area (Å²) in [6.07, 6.45) is 1.74. The monoisotopic (exact) mass is 252 g/mol. The van der Waals surface area contributed by atoms with Gasteiger partial charge in [0, 0.05) is 22.6 Å². The molecule has 0 saturated heterocycles. The van der Waals surface area contributed by atoms with Crippen LogP contribution in [0.25, 0.3) is 0 Å². The molecule has 0 heterocycles. The molecule has 2 heteroatoms. The van der Waals surface area contributed by atoms with Crippen LogP contribution in [0.15, 0.2) is 61.2 Å². The summed E-state index contributed by atoms with van der Waals surface area (Å²) in [5, 5.41) is 9.83. The normalized spacial score (nSPS) is 11.8. The van der Waals surface area contributed by atoms with Gasteiger partial charge in [0.15, 0.2) is 5.78 Å². The van der Waals surface area contributed by atoms with Crippen molar-refractivity contribution < 1.29 is 9.90 Å². The van der Waals surface area contributed by atoms with E-state index in [2.05, 4.69) is 6.58 Å². The summed E-state index contributed by atoms with van der Waals surface area (Å²) in [7, 11) is 0. The smallest absolute Gasteiger partial charge is 0.193 e. The Bertz CT molecular complexity index is 600. The summed E-state index contributed by atoms with van der Waals surface area (Å²) in [5.41, 5.74) is 1.94. The Kier molecular flexibility index (Phi) is 3.81. The lowest BCUT2D eigenvalue weighted by atomic mass is 9.95. The number of phenolic OH excluding ortho intramolecular Hbond substituents is 1. The van der Waals surface area contributed by atoms with E-state index in [0.717, 1.165) is 5.56 Å². The number of hydrogen-bond acceptors (Lipinski definition) is 2. The first kappa shape index (κ1) is 13.1. The molecule has 2 rings (SSSR count). The summed E-state index contributed by atoms with van der Waals surface area (Å²) in [5.74, 6) is 0.152. The van der Waals surface area contributed by atoms with E-state index in [1.165, 1.54) is 0 Å². The van der Waals surface area contributed by atoms with Crippen molar-refractivity contribution in [2.45, 2.75) is 12.8 Å². The van der Waals surface area contributed by atoms with Crippen molar-refractivity contribution in [2.24, 2.45) is 0 Å². The Morgan fingerprint density at radius 3 is 2.47 bits per heavy atom. The first-order valence-corrected chi connectivity index (χ1v) is 6.18. The highest BCUT2D eigenvalue weighted by atomic mass is 16.3. The molecule has 1 N–H and O–H groups in total. The Morgan fingerprint density at radius 2 is 1.84 bits per heavy atom. The van der Waals surface area contributed by atoms with E-state index in [1.807, 2.05) is 25.1 Å². The fourth-order valence-electron chi connectivity index (χ4n) is 1.94. The van der Waals surface area contributed by atoms with Crippen LogP contribution in [-0.2, 0) is 0 Å². The number of rotatable bonds is 4. The summed E-state index contributed by atoms with van der Waals surface area (Å²) in [6.45, 7) is 5.64. The fourth-order valence-corrected chi connectivity index (χ4v) is 1.94. The maximum absolute atomic E-state index is 12.3. The van der Waals surface area contributed by atoms with Crippen LogP contribution in [0.4, 0.5) is 0 Å². The SMILES string of the molecule is C=C[C@@H](C)c1cc(C(=O)c2ccccc2)ccc1O. The van der Waals surface area contributed by atoms with Gasteiger partial charge >= 0.3 is 0 Å². The van der Waals surface area contributed by atoms with Crippen LogP contribution in [0.2, 0.25) is 0 Å². The quantitative estimate of drug-likeness (QED) is 0.661. The molecule has 19 heavy (non-hydrogen) atoms. The molecule has 0 unspecified atom stereocenters. The van der Waals surface area contributed by atoms with Crippen molar-refractivity contribution in [3.05, 3.63) is 77.9 Å². The van der Waals surface area contributed by atoms with Crippen molar-refractivity contribution in [1.29, 1.82) is 0 Å². The average molecular weight is 252 g/mol. The Morgan fingerprint density at radius 1 is 1.16 bits per heavy atom. The second kappa shape index (κ2) is 5.53. The predicted octanol–water partition coefficient (Wildman–Crippen LogP) is 3.91. The molecule has 0 saturated carbocycles. The molecule has 0 fully saturated rings. The molecule has 0 aromatic heterocycles. The second-order valence-corrected chi connectivity index (χ2v) is 4.49. The van der Waals surface area contributed by atoms with Gasteiger partial charge < -0.3 is 5.11 Å². The highest BCUT2D eigenvalue weighted by Gasteiger charge is 2.13. The standard InChI is InChI=1S/C17H16O2/c1-3-12(2)15-11-14(9-10-16(15)18)17(19)13-7-5-4-6-8-13/h3-12,18H,1H2,2H3/t12-/m1/s1. The molecule has 2 nitrogen and oxygen atoms in total. The van der Waals surface area contributed by atoms with Gasteiger partial charge in [0.2, 0.25) is 0 Å². The van der Waals surface area contributed by atoms with E-state index in [-0.39, 0.29) is 17.5 Å². The molecular weight excluding hydrogens is 236 g/mol. The van der Waals surface area contributed by atoms with E-state index >= 15 is 0 Å². The first-order chi connectivity index (χ1) is 9.13. The lowest BCUT2D eigenvalue weighted by Crippen LogP contribution is -2.02. The van der Waals surface area contributed by atoms with Crippen molar-refractivity contribution in [3.63, 3.8) is 0 Å². The summed E-state index contributed by atoms with van der Waals surface area (Å²) >= 11 is 0. The highest BCUT2D eigenvalue weighted by Crippen LogP contribution is 2.28. The molecule has 1 atom stereocenters. The largest absolute Gasteiger partial charge is 0.508 e. The number of aromatic hydroxyl groups is 1. The van der Waals surface area contributed by atoms with Crippen LogP contribution in [0, 0.1) is 0 Å². The minimum Gasteiger partial charge on any atom is -0.508 e. The average Bonchev–Trinajstić information content (AvgIpc) is 2.47. The van der Waals surface area contributed by atoms with E-state index in [9.17, 15) is 9.90 Å². The maximum Gasteiger partial charge on any atom is 0.193 e. The van der Waals surface area contributed by atoms with Crippen LogP contribution in [0.1, 0.15) is 34.3 Å². The molecule has 0 aliphatic heterocycles. The van der Waals surface area contributed by atoms with Gasteiger partial charge in [-0.05, 0) is 18.2 Å². The number of carbonyl (C=O) groups excluding carboxylic acids is 1.